The van der Waals surface area contributed by atoms with E-state index >= 15 is 0 Å². The molecule has 0 aliphatic heterocycles. The highest BCUT2D eigenvalue weighted by atomic mass is 79.9. The molecule has 1 rings (SSSR count). The van der Waals surface area contributed by atoms with E-state index in [1.165, 1.54) is 0 Å². The predicted octanol–water partition coefficient (Wildman–Crippen LogP) is 2.55. The minimum atomic E-state index is 0.654. The Morgan fingerprint density at radius 3 is 2.62 bits per heavy atom. The molecule has 0 bridgehead atoms. The fourth-order valence-corrected chi connectivity index (χ4v) is 2.47. The Bertz CT molecular complexity index is 407. The number of ether oxygens (including phenoxy) is 2. The molecule has 0 radical (unpaired) electrons. The van der Waals surface area contributed by atoms with Gasteiger partial charge in [0.1, 0.15) is 22.4 Å². The number of rotatable bonds is 11. The fourth-order valence-electron chi connectivity index (χ4n) is 1.87. The monoisotopic (exact) mass is 360 g/mol. The van der Waals surface area contributed by atoms with Crippen molar-refractivity contribution in [2.45, 2.75) is 19.8 Å². The molecule has 0 atom stereocenters. The van der Waals surface area contributed by atoms with Crippen molar-refractivity contribution in [3.05, 3.63) is 10.8 Å². The topological polar surface area (TPSA) is 59.5 Å². The molecular formula is C14H25BrN4O2. The maximum absolute atomic E-state index is 5.19. The molecule has 120 valence electrons. The number of aromatic nitrogens is 2. The van der Waals surface area contributed by atoms with Crippen molar-refractivity contribution in [3.8, 4) is 0 Å². The molecule has 0 aromatic carbocycles. The largest absolute Gasteiger partial charge is 0.385 e. The fraction of sp³-hybridized carbons (Fsp3) is 0.714. The Hall–Kier alpha value is -0.920. The zero-order valence-corrected chi connectivity index (χ0v) is 14.6. The second kappa shape index (κ2) is 10.8. The van der Waals surface area contributed by atoms with Crippen molar-refractivity contribution in [2.75, 3.05) is 57.3 Å². The molecule has 21 heavy (non-hydrogen) atoms. The first-order valence-corrected chi connectivity index (χ1v) is 8.01. The van der Waals surface area contributed by atoms with Gasteiger partial charge in [-0.1, -0.05) is 6.92 Å². The van der Waals surface area contributed by atoms with Gasteiger partial charge in [0.05, 0.1) is 6.61 Å². The van der Waals surface area contributed by atoms with E-state index < -0.39 is 0 Å². The molecule has 0 aliphatic rings. The molecule has 1 aromatic rings. The summed E-state index contributed by atoms with van der Waals surface area (Å²) in [4.78, 5) is 10.9. The lowest BCUT2D eigenvalue weighted by Gasteiger charge is -2.25. The molecule has 0 unspecified atom stereocenters. The van der Waals surface area contributed by atoms with Crippen LogP contribution in [0.1, 0.15) is 19.8 Å². The number of nitrogens with zero attached hydrogens (tertiary/aromatic N) is 3. The smallest absolute Gasteiger partial charge is 0.148 e. The highest BCUT2D eigenvalue weighted by molar-refractivity contribution is 9.10. The molecule has 6 nitrogen and oxygen atoms in total. The first kappa shape index (κ1) is 18.1. The Kier molecular flexibility index (Phi) is 9.29. The summed E-state index contributed by atoms with van der Waals surface area (Å²) < 4.78 is 11.2. The molecule has 0 aliphatic carbocycles. The van der Waals surface area contributed by atoms with Crippen molar-refractivity contribution in [1.29, 1.82) is 0 Å². The molecule has 1 heterocycles. The number of halogens is 1. The Balaban J connectivity index is 2.83. The van der Waals surface area contributed by atoms with Gasteiger partial charge < -0.3 is 19.7 Å². The van der Waals surface area contributed by atoms with Crippen molar-refractivity contribution in [2.24, 2.45) is 0 Å². The molecule has 0 fully saturated rings. The quantitative estimate of drug-likeness (QED) is 0.612. The van der Waals surface area contributed by atoms with Crippen LogP contribution in [-0.2, 0) is 9.47 Å². The van der Waals surface area contributed by atoms with Gasteiger partial charge in [-0.15, -0.1) is 0 Å². The number of methoxy groups -OCH3 is 2. The van der Waals surface area contributed by atoms with E-state index in [9.17, 15) is 0 Å². The van der Waals surface area contributed by atoms with Crippen molar-refractivity contribution in [1.82, 2.24) is 9.97 Å². The standard InChI is InChI=1S/C14H25BrN4O2/c1-4-6-16-13-12(15)14(18-11-17-13)19(8-10-21-3)7-5-9-20-2/h11H,4-10H2,1-3H3,(H,16,17,18). The van der Waals surface area contributed by atoms with Gasteiger partial charge in [-0.3, -0.25) is 0 Å². The molecule has 1 aromatic heterocycles. The predicted molar refractivity (Wildman–Crippen MR) is 89.1 cm³/mol. The van der Waals surface area contributed by atoms with E-state index in [1.54, 1.807) is 20.5 Å². The summed E-state index contributed by atoms with van der Waals surface area (Å²) in [6.45, 7) is 6.03. The van der Waals surface area contributed by atoms with Crippen LogP contribution in [0, 0.1) is 0 Å². The van der Waals surface area contributed by atoms with Crippen LogP contribution in [0.4, 0.5) is 11.6 Å². The number of nitrogens with one attached hydrogen (secondary N) is 1. The van der Waals surface area contributed by atoms with E-state index in [1.807, 2.05) is 0 Å². The van der Waals surface area contributed by atoms with E-state index in [2.05, 4.69) is 43.0 Å². The second-order valence-electron chi connectivity index (χ2n) is 4.61. The number of hydrogen-bond acceptors (Lipinski definition) is 6. The number of anilines is 2. The summed E-state index contributed by atoms with van der Waals surface area (Å²) in [5.74, 6) is 1.72. The van der Waals surface area contributed by atoms with Crippen LogP contribution in [0.15, 0.2) is 10.8 Å². The summed E-state index contributed by atoms with van der Waals surface area (Å²) in [5, 5.41) is 3.30. The van der Waals surface area contributed by atoms with Gasteiger partial charge in [-0.2, -0.15) is 0 Å². The van der Waals surface area contributed by atoms with Crippen LogP contribution in [0.25, 0.3) is 0 Å². The average Bonchev–Trinajstić information content (AvgIpc) is 2.50. The Morgan fingerprint density at radius 2 is 1.95 bits per heavy atom. The van der Waals surface area contributed by atoms with Crippen molar-refractivity contribution >= 4 is 27.6 Å². The third-order valence-electron chi connectivity index (χ3n) is 2.95. The van der Waals surface area contributed by atoms with E-state index in [-0.39, 0.29) is 0 Å². The lowest BCUT2D eigenvalue weighted by molar-refractivity contribution is 0.191. The van der Waals surface area contributed by atoms with Gasteiger partial charge in [0, 0.05) is 40.5 Å². The first-order chi connectivity index (χ1) is 10.2. The summed E-state index contributed by atoms with van der Waals surface area (Å²) in [7, 11) is 3.42. The first-order valence-electron chi connectivity index (χ1n) is 7.21. The van der Waals surface area contributed by atoms with Gasteiger partial charge in [-0.05, 0) is 28.8 Å². The van der Waals surface area contributed by atoms with Crippen LogP contribution in [-0.4, -0.2) is 57.0 Å². The normalized spacial score (nSPS) is 10.7. The van der Waals surface area contributed by atoms with Crippen LogP contribution < -0.4 is 10.2 Å². The second-order valence-corrected chi connectivity index (χ2v) is 5.41. The zero-order chi connectivity index (χ0) is 15.5. The minimum absolute atomic E-state index is 0.654. The SMILES string of the molecule is CCCNc1ncnc(N(CCCOC)CCOC)c1Br. The molecule has 0 spiro atoms. The van der Waals surface area contributed by atoms with E-state index in [4.69, 9.17) is 9.47 Å². The summed E-state index contributed by atoms with van der Waals surface area (Å²) in [6.07, 6.45) is 3.58. The van der Waals surface area contributed by atoms with Crippen LogP contribution >= 0.6 is 15.9 Å². The minimum Gasteiger partial charge on any atom is -0.385 e. The number of hydrogen-bond donors (Lipinski definition) is 1. The molecule has 1 N–H and O–H groups in total. The molecule has 7 heteroatoms. The maximum Gasteiger partial charge on any atom is 0.148 e. The highest BCUT2D eigenvalue weighted by Gasteiger charge is 2.15. The van der Waals surface area contributed by atoms with Gasteiger partial charge >= 0.3 is 0 Å². The third-order valence-corrected chi connectivity index (χ3v) is 3.69. The van der Waals surface area contributed by atoms with Crippen LogP contribution in [0.2, 0.25) is 0 Å². The Labute approximate surface area is 135 Å². The summed E-state index contributed by atoms with van der Waals surface area (Å²) >= 11 is 3.61. The molecule has 0 saturated carbocycles. The van der Waals surface area contributed by atoms with Gasteiger partial charge in [0.2, 0.25) is 0 Å². The van der Waals surface area contributed by atoms with Crippen LogP contribution in [0.5, 0.6) is 0 Å². The Morgan fingerprint density at radius 1 is 1.19 bits per heavy atom. The lowest BCUT2D eigenvalue weighted by Crippen LogP contribution is -2.30. The highest BCUT2D eigenvalue weighted by Crippen LogP contribution is 2.29. The lowest BCUT2D eigenvalue weighted by atomic mass is 10.3. The molecule has 0 amide bonds. The zero-order valence-electron chi connectivity index (χ0n) is 13.1. The maximum atomic E-state index is 5.19. The van der Waals surface area contributed by atoms with Crippen molar-refractivity contribution < 1.29 is 9.47 Å². The van der Waals surface area contributed by atoms with E-state index in [0.29, 0.717) is 6.61 Å². The van der Waals surface area contributed by atoms with Gasteiger partial charge in [0.25, 0.3) is 0 Å². The molecule has 0 saturated heterocycles. The van der Waals surface area contributed by atoms with Gasteiger partial charge in [-0.25, -0.2) is 9.97 Å². The average molecular weight is 361 g/mol. The van der Waals surface area contributed by atoms with Gasteiger partial charge in [0.15, 0.2) is 0 Å². The summed E-state index contributed by atoms with van der Waals surface area (Å²) in [6, 6.07) is 0. The molecular weight excluding hydrogens is 336 g/mol. The van der Waals surface area contributed by atoms with Crippen LogP contribution in [0.3, 0.4) is 0 Å². The summed E-state index contributed by atoms with van der Waals surface area (Å²) in [5.41, 5.74) is 0. The third kappa shape index (κ3) is 6.15. The van der Waals surface area contributed by atoms with Crippen molar-refractivity contribution in [3.63, 3.8) is 0 Å². The van der Waals surface area contributed by atoms with E-state index in [0.717, 1.165) is 55.2 Å².